The molecule has 2 aromatic rings. The fourth-order valence-corrected chi connectivity index (χ4v) is 3.34. The van der Waals surface area contributed by atoms with Crippen LogP contribution in [0.2, 0.25) is 0 Å². The molecule has 4 nitrogen and oxygen atoms in total. The number of carbonyl (C=O) groups is 1. The topological polar surface area (TPSA) is 52.6 Å². The second-order valence-electron chi connectivity index (χ2n) is 6.69. The van der Waals surface area contributed by atoms with Crippen LogP contribution in [0.3, 0.4) is 0 Å². The van der Waals surface area contributed by atoms with Crippen molar-refractivity contribution >= 4 is 11.6 Å². The summed E-state index contributed by atoms with van der Waals surface area (Å²) in [4.78, 5) is 14.6. The summed E-state index contributed by atoms with van der Waals surface area (Å²) in [7, 11) is 0. The molecule has 1 amide bonds. The molecule has 1 atom stereocenters. The fraction of sp³-hybridized carbons (Fsp3) is 0.381. The maximum Gasteiger partial charge on any atom is 0.253 e. The zero-order valence-electron chi connectivity index (χ0n) is 14.5. The zero-order chi connectivity index (χ0) is 17.5. The van der Waals surface area contributed by atoms with Crippen LogP contribution in [-0.4, -0.2) is 42.2 Å². The number of aliphatic hydroxyl groups excluding tert-OH is 1. The van der Waals surface area contributed by atoms with Gasteiger partial charge >= 0.3 is 0 Å². The Morgan fingerprint density at radius 2 is 2.00 bits per heavy atom. The summed E-state index contributed by atoms with van der Waals surface area (Å²) in [5.74, 6) is 0.273. The van der Waals surface area contributed by atoms with Crippen LogP contribution < -0.4 is 5.32 Å². The molecule has 0 spiro atoms. The van der Waals surface area contributed by atoms with Crippen molar-refractivity contribution in [3.63, 3.8) is 0 Å². The van der Waals surface area contributed by atoms with Crippen molar-refractivity contribution in [1.29, 1.82) is 0 Å². The highest BCUT2D eigenvalue weighted by atomic mass is 16.3. The smallest absolute Gasteiger partial charge is 0.253 e. The summed E-state index contributed by atoms with van der Waals surface area (Å²) < 4.78 is 0. The second kappa shape index (κ2) is 8.67. The molecule has 25 heavy (non-hydrogen) atoms. The Kier molecular flexibility index (Phi) is 6.07. The summed E-state index contributed by atoms with van der Waals surface area (Å²) >= 11 is 0. The number of anilines is 1. The van der Waals surface area contributed by atoms with E-state index >= 15 is 0 Å². The largest absolute Gasteiger partial charge is 0.396 e. The van der Waals surface area contributed by atoms with E-state index in [1.807, 2.05) is 47.4 Å². The van der Waals surface area contributed by atoms with Crippen LogP contribution in [0.4, 0.5) is 5.69 Å². The van der Waals surface area contributed by atoms with E-state index in [0.29, 0.717) is 12.1 Å². The van der Waals surface area contributed by atoms with Crippen molar-refractivity contribution in [2.24, 2.45) is 5.92 Å². The third-order valence-corrected chi connectivity index (χ3v) is 4.76. The number of piperidine rings is 1. The highest BCUT2D eigenvalue weighted by molar-refractivity contribution is 5.95. The number of aliphatic hydroxyl groups is 1. The van der Waals surface area contributed by atoms with E-state index in [0.717, 1.165) is 38.0 Å². The minimum atomic E-state index is 0.0601. The minimum absolute atomic E-state index is 0.0601. The number of hydrogen-bond donors (Lipinski definition) is 2. The number of hydrogen-bond acceptors (Lipinski definition) is 3. The third kappa shape index (κ3) is 4.83. The van der Waals surface area contributed by atoms with Gasteiger partial charge in [-0.3, -0.25) is 4.79 Å². The summed E-state index contributed by atoms with van der Waals surface area (Å²) in [5, 5.41) is 12.7. The first-order valence-electron chi connectivity index (χ1n) is 9.04. The van der Waals surface area contributed by atoms with Gasteiger partial charge in [-0.25, -0.2) is 0 Å². The average Bonchev–Trinajstić information content (AvgIpc) is 2.68. The Labute approximate surface area is 149 Å². The van der Waals surface area contributed by atoms with Crippen LogP contribution in [-0.2, 0) is 6.42 Å². The monoisotopic (exact) mass is 338 g/mol. The van der Waals surface area contributed by atoms with E-state index in [9.17, 15) is 9.90 Å². The molecule has 2 N–H and O–H groups in total. The van der Waals surface area contributed by atoms with E-state index in [1.165, 1.54) is 5.56 Å². The van der Waals surface area contributed by atoms with Crippen LogP contribution in [0.15, 0.2) is 54.6 Å². The SMILES string of the molecule is O=C(c1cccc(NCCc2ccccc2)c1)N1CCC[C@@H](CO)C1. The van der Waals surface area contributed by atoms with Gasteiger partial charge in [0.2, 0.25) is 0 Å². The van der Waals surface area contributed by atoms with Crippen molar-refractivity contribution in [3.05, 3.63) is 65.7 Å². The molecule has 0 aliphatic carbocycles. The summed E-state index contributed by atoms with van der Waals surface area (Å²) in [5.41, 5.74) is 2.98. The Hall–Kier alpha value is -2.33. The molecule has 1 aliphatic rings. The minimum Gasteiger partial charge on any atom is -0.396 e. The van der Waals surface area contributed by atoms with Crippen molar-refractivity contribution in [2.75, 3.05) is 31.6 Å². The van der Waals surface area contributed by atoms with E-state index in [2.05, 4.69) is 17.4 Å². The van der Waals surface area contributed by atoms with Gasteiger partial charge in [-0.15, -0.1) is 0 Å². The van der Waals surface area contributed by atoms with Gasteiger partial charge in [0, 0.05) is 37.5 Å². The van der Waals surface area contributed by atoms with Gasteiger partial charge in [0.15, 0.2) is 0 Å². The number of carbonyl (C=O) groups excluding carboxylic acids is 1. The molecular formula is C21H26N2O2. The lowest BCUT2D eigenvalue weighted by molar-refractivity contribution is 0.0621. The van der Waals surface area contributed by atoms with Gasteiger partial charge in [-0.1, -0.05) is 36.4 Å². The van der Waals surface area contributed by atoms with Gasteiger partial charge in [0.25, 0.3) is 5.91 Å². The lowest BCUT2D eigenvalue weighted by Gasteiger charge is -2.32. The number of likely N-dealkylation sites (tertiary alicyclic amines) is 1. The van der Waals surface area contributed by atoms with Gasteiger partial charge in [0.05, 0.1) is 0 Å². The lowest BCUT2D eigenvalue weighted by atomic mass is 9.98. The zero-order valence-corrected chi connectivity index (χ0v) is 14.5. The number of benzene rings is 2. The van der Waals surface area contributed by atoms with Gasteiger partial charge < -0.3 is 15.3 Å². The average molecular weight is 338 g/mol. The quantitative estimate of drug-likeness (QED) is 0.850. The first-order valence-corrected chi connectivity index (χ1v) is 9.04. The Morgan fingerprint density at radius 3 is 2.80 bits per heavy atom. The molecule has 0 aromatic heterocycles. The van der Waals surface area contributed by atoms with E-state index < -0.39 is 0 Å². The molecule has 4 heteroatoms. The van der Waals surface area contributed by atoms with Crippen LogP contribution in [0.1, 0.15) is 28.8 Å². The van der Waals surface area contributed by atoms with Crippen LogP contribution >= 0.6 is 0 Å². The van der Waals surface area contributed by atoms with Gasteiger partial charge in [-0.05, 0) is 48.9 Å². The van der Waals surface area contributed by atoms with Crippen LogP contribution in [0, 0.1) is 5.92 Å². The molecule has 1 saturated heterocycles. The molecule has 2 aromatic carbocycles. The van der Waals surface area contributed by atoms with Crippen molar-refractivity contribution in [1.82, 2.24) is 4.90 Å². The lowest BCUT2D eigenvalue weighted by Crippen LogP contribution is -2.40. The molecule has 0 saturated carbocycles. The van der Waals surface area contributed by atoms with Crippen LogP contribution in [0.25, 0.3) is 0 Å². The van der Waals surface area contributed by atoms with Gasteiger partial charge in [0.1, 0.15) is 0 Å². The molecule has 3 rings (SSSR count). The molecule has 132 valence electrons. The second-order valence-corrected chi connectivity index (χ2v) is 6.69. The van der Waals surface area contributed by atoms with Crippen LogP contribution in [0.5, 0.6) is 0 Å². The molecule has 1 fully saturated rings. The Morgan fingerprint density at radius 1 is 1.16 bits per heavy atom. The van der Waals surface area contributed by atoms with Gasteiger partial charge in [-0.2, -0.15) is 0 Å². The Balaban J connectivity index is 1.58. The van der Waals surface area contributed by atoms with Crippen molar-refractivity contribution in [3.8, 4) is 0 Å². The first kappa shape index (κ1) is 17.5. The van der Waals surface area contributed by atoms with E-state index in [4.69, 9.17) is 0 Å². The summed E-state index contributed by atoms with van der Waals surface area (Å²) in [6.07, 6.45) is 2.91. The van der Waals surface area contributed by atoms with Crippen molar-refractivity contribution < 1.29 is 9.90 Å². The van der Waals surface area contributed by atoms with E-state index in [-0.39, 0.29) is 18.4 Å². The molecular weight excluding hydrogens is 312 g/mol. The fourth-order valence-electron chi connectivity index (χ4n) is 3.34. The summed E-state index contributed by atoms with van der Waals surface area (Å²) in [6, 6.07) is 18.1. The Bertz CT molecular complexity index is 687. The highest BCUT2D eigenvalue weighted by Gasteiger charge is 2.24. The highest BCUT2D eigenvalue weighted by Crippen LogP contribution is 2.19. The maximum absolute atomic E-state index is 12.7. The normalized spacial score (nSPS) is 17.3. The molecule has 0 unspecified atom stereocenters. The third-order valence-electron chi connectivity index (χ3n) is 4.76. The summed E-state index contributed by atoms with van der Waals surface area (Å²) in [6.45, 7) is 2.42. The molecule has 1 aliphatic heterocycles. The van der Waals surface area contributed by atoms with E-state index in [1.54, 1.807) is 0 Å². The molecule has 1 heterocycles. The first-order chi connectivity index (χ1) is 12.3. The van der Waals surface area contributed by atoms with Crippen molar-refractivity contribution in [2.45, 2.75) is 19.3 Å². The predicted molar refractivity (Wildman–Crippen MR) is 101 cm³/mol. The predicted octanol–water partition coefficient (Wildman–Crippen LogP) is 3.19. The molecule has 0 bridgehead atoms. The number of nitrogens with zero attached hydrogens (tertiary/aromatic N) is 1. The number of rotatable bonds is 6. The number of nitrogens with one attached hydrogen (secondary N) is 1. The molecule has 0 radical (unpaired) electrons. The number of amides is 1. The standard InChI is InChI=1S/C21H26N2O2/c24-16-18-8-5-13-23(15-18)21(25)19-9-4-10-20(14-19)22-12-11-17-6-2-1-3-7-17/h1-4,6-7,9-10,14,18,22,24H,5,8,11-13,15-16H2/t18-/m1/s1. The maximum atomic E-state index is 12.7.